The SMILES string of the molecule is Cc1nc2nc(N3CCOCC3)nc(C3=CC=C(C(F)(F)F)C3)c2nc1C. The van der Waals surface area contributed by atoms with Gasteiger partial charge in [-0.15, -0.1) is 0 Å². The van der Waals surface area contributed by atoms with Gasteiger partial charge in [-0.1, -0.05) is 12.2 Å². The summed E-state index contributed by atoms with van der Waals surface area (Å²) < 4.78 is 44.6. The Morgan fingerprint density at radius 2 is 1.67 bits per heavy atom. The Morgan fingerprint density at radius 3 is 2.33 bits per heavy atom. The molecule has 1 aliphatic carbocycles. The van der Waals surface area contributed by atoms with Gasteiger partial charge in [0, 0.05) is 25.1 Å². The number of rotatable bonds is 2. The summed E-state index contributed by atoms with van der Waals surface area (Å²) in [7, 11) is 0. The molecule has 9 heteroatoms. The van der Waals surface area contributed by atoms with E-state index >= 15 is 0 Å². The number of ether oxygens (including phenoxy) is 1. The number of allylic oxidation sites excluding steroid dienone is 4. The molecule has 1 fully saturated rings. The van der Waals surface area contributed by atoms with E-state index in [1.165, 1.54) is 6.08 Å². The Hall–Kier alpha value is -2.55. The summed E-state index contributed by atoms with van der Waals surface area (Å²) in [5.74, 6) is 0.444. The molecular formula is C18H18F3N5O. The fourth-order valence-corrected chi connectivity index (χ4v) is 3.11. The number of anilines is 1. The monoisotopic (exact) mass is 377 g/mol. The molecule has 0 unspecified atom stereocenters. The number of aryl methyl sites for hydroxylation is 2. The summed E-state index contributed by atoms with van der Waals surface area (Å²) in [4.78, 5) is 20.1. The van der Waals surface area contributed by atoms with Crippen LogP contribution < -0.4 is 4.90 Å². The van der Waals surface area contributed by atoms with E-state index in [0.29, 0.717) is 60.4 Å². The van der Waals surface area contributed by atoms with E-state index in [0.717, 1.165) is 11.8 Å². The topological polar surface area (TPSA) is 64.0 Å². The van der Waals surface area contributed by atoms with Gasteiger partial charge in [-0.05, 0) is 19.4 Å². The lowest BCUT2D eigenvalue weighted by Gasteiger charge is -2.27. The number of fused-ring (bicyclic) bond motifs is 1. The van der Waals surface area contributed by atoms with Crippen molar-refractivity contribution in [2.24, 2.45) is 0 Å². The van der Waals surface area contributed by atoms with Crippen molar-refractivity contribution in [2.45, 2.75) is 26.4 Å². The summed E-state index contributed by atoms with van der Waals surface area (Å²) in [5.41, 5.74) is 2.55. The van der Waals surface area contributed by atoms with Crippen LogP contribution in [0.1, 0.15) is 23.5 Å². The summed E-state index contributed by atoms with van der Waals surface area (Å²) in [5, 5.41) is 0. The predicted molar refractivity (Wildman–Crippen MR) is 94.4 cm³/mol. The molecule has 0 saturated carbocycles. The van der Waals surface area contributed by atoms with Gasteiger partial charge in [0.05, 0.1) is 24.6 Å². The fraction of sp³-hybridized carbons (Fsp3) is 0.444. The predicted octanol–water partition coefficient (Wildman–Crippen LogP) is 3.15. The quantitative estimate of drug-likeness (QED) is 0.801. The molecule has 4 rings (SSSR count). The van der Waals surface area contributed by atoms with Crippen LogP contribution in [0, 0.1) is 13.8 Å². The Kier molecular flexibility index (Phi) is 4.33. The lowest BCUT2D eigenvalue weighted by Crippen LogP contribution is -2.37. The van der Waals surface area contributed by atoms with Crippen molar-refractivity contribution in [1.29, 1.82) is 0 Å². The first-order chi connectivity index (χ1) is 12.8. The van der Waals surface area contributed by atoms with E-state index in [-0.39, 0.29) is 6.42 Å². The Balaban J connectivity index is 1.81. The maximum absolute atomic E-state index is 13.1. The van der Waals surface area contributed by atoms with Crippen molar-refractivity contribution in [2.75, 3.05) is 31.2 Å². The van der Waals surface area contributed by atoms with Crippen molar-refractivity contribution in [3.8, 4) is 0 Å². The third-order valence-electron chi connectivity index (χ3n) is 4.76. The molecule has 142 valence electrons. The maximum Gasteiger partial charge on any atom is 0.413 e. The first-order valence-electron chi connectivity index (χ1n) is 8.66. The van der Waals surface area contributed by atoms with Gasteiger partial charge in [0.15, 0.2) is 5.65 Å². The molecule has 0 amide bonds. The number of nitrogens with zero attached hydrogens (tertiary/aromatic N) is 5. The molecule has 0 bridgehead atoms. The second-order valence-electron chi connectivity index (χ2n) is 6.60. The van der Waals surface area contributed by atoms with Gasteiger partial charge in [-0.2, -0.15) is 18.2 Å². The molecular weight excluding hydrogens is 359 g/mol. The van der Waals surface area contributed by atoms with Crippen LogP contribution in [0.25, 0.3) is 16.7 Å². The fourth-order valence-electron chi connectivity index (χ4n) is 3.11. The van der Waals surface area contributed by atoms with Crippen molar-refractivity contribution >= 4 is 22.7 Å². The zero-order valence-electron chi connectivity index (χ0n) is 15.0. The molecule has 2 aromatic rings. The molecule has 1 saturated heterocycles. The third-order valence-corrected chi connectivity index (χ3v) is 4.76. The maximum atomic E-state index is 13.1. The first kappa shape index (κ1) is 17.8. The molecule has 0 N–H and O–H groups in total. The minimum Gasteiger partial charge on any atom is -0.378 e. The van der Waals surface area contributed by atoms with Gasteiger partial charge in [0.2, 0.25) is 5.95 Å². The minimum atomic E-state index is -4.35. The molecule has 1 aliphatic heterocycles. The van der Waals surface area contributed by atoms with Crippen LogP contribution in [0.15, 0.2) is 17.7 Å². The molecule has 0 aromatic carbocycles. The second kappa shape index (κ2) is 6.56. The zero-order chi connectivity index (χ0) is 19.2. The first-order valence-corrected chi connectivity index (χ1v) is 8.66. The minimum absolute atomic E-state index is 0.229. The normalized spacial score (nSPS) is 18.0. The largest absolute Gasteiger partial charge is 0.413 e. The highest BCUT2D eigenvalue weighted by Gasteiger charge is 2.36. The van der Waals surface area contributed by atoms with Crippen LogP contribution in [0.4, 0.5) is 19.1 Å². The average Bonchev–Trinajstić information content (AvgIpc) is 3.13. The van der Waals surface area contributed by atoms with Crippen LogP contribution in [0.5, 0.6) is 0 Å². The number of hydrogen-bond acceptors (Lipinski definition) is 6. The van der Waals surface area contributed by atoms with Crippen molar-refractivity contribution < 1.29 is 17.9 Å². The highest BCUT2D eigenvalue weighted by Crippen LogP contribution is 2.39. The zero-order valence-corrected chi connectivity index (χ0v) is 15.0. The van der Waals surface area contributed by atoms with E-state index in [2.05, 4.69) is 19.9 Å². The molecule has 0 atom stereocenters. The molecule has 2 aromatic heterocycles. The molecule has 0 spiro atoms. The summed E-state index contributed by atoms with van der Waals surface area (Å²) in [6.07, 6.45) is -2.02. The summed E-state index contributed by atoms with van der Waals surface area (Å²) >= 11 is 0. The third kappa shape index (κ3) is 3.39. The average molecular weight is 377 g/mol. The number of alkyl halides is 3. The summed E-state index contributed by atoms with van der Waals surface area (Å²) in [6.45, 7) is 5.98. The van der Waals surface area contributed by atoms with Crippen LogP contribution in [-0.2, 0) is 4.74 Å². The lowest BCUT2D eigenvalue weighted by atomic mass is 10.1. The Labute approximate surface area is 153 Å². The van der Waals surface area contributed by atoms with E-state index in [4.69, 9.17) is 4.74 Å². The molecule has 0 radical (unpaired) electrons. The Morgan fingerprint density at radius 1 is 0.963 bits per heavy atom. The lowest BCUT2D eigenvalue weighted by molar-refractivity contribution is -0.0923. The van der Waals surface area contributed by atoms with Crippen molar-refractivity contribution in [3.63, 3.8) is 0 Å². The molecule has 27 heavy (non-hydrogen) atoms. The van der Waals surface area contributed by atoms with E-state index in [1.807, 2.05) is 18.7 Å². The number of aromatic nitrogens is 4. The van der Waals surface area contributed by atoms with Gasteiger partial charge in [0.1, 0.15) is 11.2 Å². The van der Waals surface area contributed by atoms with E-state index in [9.17, 15) is 13.2 Å². The van der Waals surface area contributed by atoms with Crippen LogP contribution in [0.2, 0.25) is 0 Å². The van der Waals surface area contributed by atoms with Gasteiger partial charge in [0.25, 0.3) is 0 Å². The molecule has 2 aliphatic rings. The number of morpholine rings is 1. The van der Waals surface area contributed by atoms with Crippen LogP contribution >= 0.6 is 0 Å². The Bertz CT molecular complexity index is 962. The molecule has 3 heterocycles. The highest BCUT2D eigenvalue weighted by molar-refractivity contribution is 5.88. The highest BCUT2D eigenvalue weighted by atomic mass is 19.4. The van der Waals surface area contributed by atoms with Gasteiger partial charge >= 0.3 is 6.18 Å². The van der Waals surface area contributed by atoms with Gasteiger partial charge in [-0.25, -0.2) is 15.0 Å². The second-order valence-corrected chi connectivity index (χ2v) is 6.60. The van der Waals surface area contributed by atoms with Gasteiger partial charge < -0.3 is 9.64 Å². The van der Waals surface area contributed by atoms with Gasteiger partial charge in [-0.3, -0.25) is 0 Å². The van der Waals surface area contributed by atoms with Crippen LogP contribution in [0.3, 0.4) is 0 Å². The smallest absolute Gasteiger partial charge is 0.378 e. The van der Waals surface area contributed by atoms with Crippen molar-refractivity contribution in [1.82, 2.24) is 19.9 Å². The standard InChI is InChI=1S/C18H18F3N5O/c1-10-11(2)23-16-15(22-10)14(12-3-4-13(9-12)18(19,20)21)24-17(25-16)26-5-7-27-8-6-26/h3-4H,5-9H2,1-2H3. The van der Waals surface area contributed by atoms with Crippen molar-refractivity contribution in [3.05, 3.63) is 34.8 Å². The number of halogens is 3. The van der Waals surface area contributed by atoms with E-state index in [1.54, 1.807) is 0 Å². The van der Waals surface area contributed by atoms with Crippen LogP contribution in [-0.4, -0.2) is 52.4 Å². The van der Waals surface area contributed by atoms with E-state index < -0.39 is 11.7 Å². The molecule has 6 nitrogen and oxygen atoms in total. The summed E-state index contributed by atoms with van der Waals surface area (Å²) in [6, 6.07) is 0. The number of hydrogen-bond donors (Lipinski definition) is 0.